The number of ether oxygens (including phenoxy) is 1. The van der Waals surface area contributed by atoms with Gasteiger partial charge in [-0.2, -0.15) is 0 Å². The van der Waals surface area contributed by atoms with E-state index in [9.17, 15) is 4.79 Å². The Bertz CT molecular complexity index is 791. The number of hydrogen-bond donors (Lipinski definition) is 0. The molecule has 28 heavy (non-hydrogen) atoms. The first-order valence-corrected chi connectivity index (χ1v) is 10.5. The van der Waals surface area contributed by atoms with Gasteiger partial charge >= 0.3 is 6.09 Å². The molecule has 0 N–H and O–H groups in total. The second-order valence-electron chi connectivity index (χ2n) is 8.75. The van der Waals surface area contributed by atoms with Crippen molar-refractivity contribution in [2.75, 3.05) is 13.1 Å². The first kappa shape index (κ1) is 20.8. The van der Waals surface area contributed by atoms with E-state index in [1.807, 2.05) is 27.7 Å². The average Bonchev–Trinajstić information content (AvgIpc) is 2.59. The molecule has 5 nitrogen and oxygen atoms in total. The molecule has 1 aliphatic carbocycles. The average molecular weight is 404 g/mol. The highest BCUT2D eigenvalue weighted by Gasteiger charge is 2.26. The van der Waals surface area contributed by atoms with Crippen molar-refractivity contribution in [3.05, 3.63) is 40.0 Å². The zero-order valence-electron chi connectivity index (χ0n) is 17.3. The Balaban J connectivity index is 1.78. The van der Waals surface area contributed by atoms with Gasteiger partial charge in [-0.15, -0.1) is 0 Å². The molecule has 152 valence electrons. The first-order chi connectivity index (χ1) is 13.2. The van der Waals surface area contributed by atoms with Crippen molar-refractivity contribution in [2.24, 2.45) is 5.92 Å². The van der Waals surface area contributed by atoms with E-state index >= 15 is 0 Å². The van der Waals surface area contributed by atoms with Crippen LogP contribution in [0.15, 0.2) is 23.5 Å². The number of rotatable bonds is 4. The molecule has 1 amide bonds. The fourth-order valence-electron chi connectivity index (χ4n) is 3.50. The lowest BCUT2D eigenvalue weighted by Gasteiger charge is -2.32. The fraction of sp³-hybridized carbons (Fsp3) is 0.591. The predicted octanol–water partition coefficient (Wildman–Crippen LogP) is 5.58. The van der Waals surface area contributed by atoms with Gasteiger partial charge in [0.15, 0.2) is 0 Å². The predicted molar refractivity (Wildman–Crippen MR) is 112 cm³/mol. The maximum Gasteiger partial charge on any atom is 0.410 e. The van der Waals surface area contributed by atoms with Crippen molar-refractivity contribution in [2.45, 2.75) is 65.4 Å². The number of carbonyl (C=O) groups is 1. The number of halogens is 1. The highest BCUT2D eigenvalue weighted by atomic mass is 35.5. The van der Waals surface area contributed by atoms with E-state index in [2.05, 4.69) is 22.1 Å². The van der Waals surface area contributed by atoms with Crippen LogP contribution in [0, 0.1) is 12.8 Å². The molecule has 0 atom stereocenters. The molecular weight excluding hydrogens is 374 g/mol. The SMILES string of the molecule is Cc1c(Cl)ncnc1/C=C(\CC1CCC1)C1=CCN(C(=O)OC(C)(C)C)CC1. The van der Waals surface area contributed by atoms with Gasteiger partial charge < -0.3 is 9.64 Å². The summed E-state index contributed by atoms with van der Waals surface area (Å²) in [5.74, 6) is 0.744. The van der Waals surface area contributed by atoms with Crippen LogP contribution in [0.2, 0.25) is 5.15 Å². The first-order valence-electron chi connectivity index (χ1n) is 10.1. The molecule has 0 aromatic carbocycles. The molecule has 1 aromatic rings. The van der Waals surface area contributed by atoms with Crippen LogP contribution in [0.3, 0.4) is 0 Å². The summed E-state index contributed by atoms with van der Waals surface area (Å²) >= 11 is 6.18. The van der Waals surface area contributed by atoms with E-state index in [4.69, 9.17) is 16.3 Å². The normalized spacial score (nSPS) is 18.5. The van der Waals surface area contributed by atoms with Gasteiger partial charge in [0.05, 0.1) is 5.69 Å². The van der Waals surface area contributed by atoms with E-state index in [0.717, 1.165) is 30.0 Å². The largest absolute Gasteiger partial charge is 0.444 e. The van der Waals surface area contributed by atoms with Gasteiger partial charge in [0.25, 0.3) is 0 Å². The van der Waals surface area contributed by atoms with Gasteiger partial charge in [0.1, 0.15) is 17.1 Å². The molecule has 2 heterocycles. The van der Waals surface area contributed by atoms with Gasteiger partial charge in [-0.1, -0.05) is 36.9 Å². The number of nitrogens with zero attached hydrogens (tertiary/aromatic N) is 3. The number of amides is 1. The standard InChI is InChI=1S/C22H30ClN3O2/c1-15-19(24-14-25-20(15)23)13-18(12-16-6-5-7-16)17-8-10-26(11-9-17)21(27)28-22(2,3)4/h8,13-14,16H,5-7,9-12H2,1-4H3/b18-13+. The van der Waals surface area contributed by atoms with Gasteiger partial charge in [0.2, 0.25) is 0 Å². The van der Waals surface area contributed by atoms with E-state index in [0.29, 0.717) is 18.2 Å². The van der Waals surface area contributed by atoms with Crippen LogP contribution in [0.5, 0.6) is 0 Å². The minimum absolute atomic E-state index is 0.245. The summed E-state index contributed by atoms with van der Waals surface area (Å²) in [4.78, 5) is 22.6. The number of allylic oxidation sites excluding steroid dienone is 1. The molecule has 1 fully saturated rings. The van der Waals surface area contributed by atoms with Crippen molar-refractivity contribution in [3.63, 3.8) is 0 Å². The molecule has 2 aliphatic rings. The van der Waals surface area contributed by atoms with Crippen LogP contribution in [0.1, 0.15) is 64.1 Å². The molecule has 0 bridgehead atoms. The van der Waals surface area contributed by atoms with Gasteiger partial charge in [-0.25, -0.2) is 14.8 Å². The molecule has 0 spiro atoms. The van der Waals surface area contributed by atoms with Crippen LogP contribution in [-0.2, 0) is 4.74 Å². The Morgan fingerprint density at radius 2 is 2.11 bits per heavy atom. The van der Waals surface area contributed by atoms with Crippen molar-refractivity contribution in [1.82, 2.24) is 14.9 Å². The third-order valence-corrected chi connectivity index (χ3v) is 5.76. The Morgan fingerprint density at radius 1 is 1.36 bits per heavy atom. The zero-order chi connectivity index (χ0) is 20.3. The van der Waals surface area contributed by atoms with E-state index < -0.39 is 5.60 Å². The lowest BCUT2D eigenvalue weighted by atomic mass is 9.78. The van der Waals surface area contributed by atoms with Gasteiger partial charge in [-0.3, -0.25) is 0 Å². The second-order valence-corrected chi connectivity index (χ2v) is 9.11. The molecule has 1 saturated carbocycles. The molecule has 6 heteroatoms. The lowest BCUT2D eigenvalue weighted by Crippen LogP contribution is -2.39. The number of carbonyl (C=O) groups excluding carboxylic acids is 1. The molecule has 0 saturated heterocycles. The van der Waals surface area contributed by atoms with E-state index in [1.54, 1.807) is 4.90 Å². The van der Waals surface area contributed by atoms with Crippen molar-refractivity contribution in [1.29, 1.82) is 0 Å². The third kappa shape index (κ3) is 5.34. The Kier molecular flexibility index (Phi) is 6.43. The van der Waals surface area contributed by atoms with E-state index in [1.165, 1.54) is 36.7 Å². The summed E-state index contributed by atoms with van der Waals surface area (Å²) in [6.07, 6.45) is 11.4. The van der Waals surface area contributed by atoms with E-state index in [-0.39, 0.29) is 6.09 Å². The molecule has 0 radical (unpaired) electrons. The van der Waals surface area contributed by atoms with Crippen LogP contribution in [0.25, 0.3) is 6.08 Å². The number of hydrogen-bond acceptors (Lipinski definition) is 4. The minimum Gasteiger partial charge on any atom is -0.444 e. The monoisotopic (exact) mass is 403 g/mol. The highest BCUT2D eigenvalue weighted by molar-refractivity contribution is 6.30. The molecule has 1 aromatic heterocycles. The third-order valence-electron chi connectivity index (χ3n) is 5.38. The molecule has 0 unspecified atom stereocenters. The topological polar surface area (TPSA) is 55.3 Å². The van der Waals surface area contributed by atoms with Gasteiger partial charge in [-0.05, 0) is 63.7 Å². The number of aromatic nitrogens is 2. The Morgan fingerprint density at radius 3 is 2.68 bits per heavy atom. The summed E-state index contributed by atoms with van der Waals surface area (Å²) in [5.41, 5.74) is 3.93. The summed E-state index contributed by atoms with van der Waals surface area (Å²) < 4.78 is 5.50. The van der Waals surface area contributed by atoms with Crippen molar-refractivity contribution < 1.29 is 9.53 Å². The lowest BCUT2D eigenvalue weighted by molar-refractivity contribution is 0.0266. The van der Waals surface area contributed by atoms with Crippen LogP contribution < -0.4 is 0 Å². The minimum atomic E-state index is -0.472. The summed E-state index contributed by atoms with van der Waals surface area (Å²) in [7, 11) is 0. The van der Waals surface area contributed by atoms with Crippen LogP contribution in [-0.4, -0.2) is 39.7 Å². The smallest absolute Gasteiger partial charge is 0.410 e. The fourth-order valence-corrected chi connectivity index (χ4v) is 3.64. The highest BCUT2D eigenvalue weighted by Crippen LogP contribution is 2.36. The van der Waals surface area contributed by atoms with Crippen molar-refractivity contribution >= 4 is 23.8 Å². The zero-order valence-corrected chi connectivity index (χ0v) is 18.1. The van der Waals surface area contributed by atoms with Crippen LogP contribution in [0.4, 0.5) is 4.79 Å². The summed E-state index contributed by atoms with van der Waals surface area (Å²) in [5, 5.41) is 0.498. The maximum absolute atomic E-state index is 12.3. The molecule has 3 rings (SSSR count). The Labute approximate surface area is 172 Å². The second kappa shape index (κ2) is 8.64. The molecular formula is C22H30ClN3O2. The van der Waals surface area contributed by atoms with Crippen LogP contribution >= 0.6 is 11.6 Å². The van der Waals surface area contributed by atoms with Crippen molar-refractivity contribution in [3.8, 4) is 0 Å². The van der Waals surface area contributed by atoms with Gasteiger partial charge in [0, 0.05) is 18.7 Å². The Hall–Kier alpha value is -1.88. The maximum atomic E-state index is 12.3. The molecule has 1 aliphatic heterocycles. The quantitative estimate of drug-likeness (QED) is 0.616. The summed E-state index contributed by atoms with van der Waals surface area (Å²) in [6, 6.07) is 0. The summed E-state index contributed by atoms with van der Waals surface area (Å²) in [6.45, 7) is 8.89.